The molecular weight excluding hydrogens is 314 g/mol. The number of anilines is 1. The highest BCUT2D eigenvalue weighted by Gasteiger charge is 2.20. The van der Waals surface area contributed by atoms with Crippen molar-refractivity contribution in [2.45, 2.75) is 19.9 Å². The second kappa shape index (κ2) is 7.21. The summed E-state index contributed by atoms with van der Waals surface area (Å²) >= 11 is 0. The van der Waals surface area contributed by atoms with Gasteiger partial charge in [-0.3, -0.25) is 9.59 Å². The minimum Gasteiger partial charge on any atom is -0.335 e. The third-order valence-corrected chi connectivity index (χ3v) is 3.78. The quantitative estimate of drug-likeness (QED) is 0.927. The highest BCUT2D eigenvalue weighted by atomic mass is 19.2. The molecule has 126 valence electrons. The lowest BCUT2D eigenvalue weighted by Gasteiger charge is -2.25. The van der Waals surface area contributed by atoms with E-state index in [1.165, 1.54) is 17.9 Å². The van der Waals surface area contributed by atoms with Crippen molar-refractivity contribution in [2.24, 2.45) is 0 Å². The van der Waals surface area contributed by atoms with Crippen LogP contribution >= 0.6 is 0 Å². The van der Waals surface area contributed by atoms with Crippen molar-refractivity contribution >= 4 is 17.5 Å². The van der Waals surface area contributed by atoms with Crippen molar-refractivity contribution < 1.29 is 18.4 Å². The number of carbonyl (C=O) groups excluding carboxylic acids is 2. The Labute approximate surface area is 139 Å². The first-order chi connectivity index (χ1) is 11.3. The Hall–Kier alpha value is -2.76. The van der Waals surface area contributed by atoms with Crippen molar-refractivity contribution in [3.05, 3.63) is 65.2 Å². The maximum Gasteiger partial charge on any atom is 0.254 e. The smallest absolute Gasteiger partial charge is 0.254 e. The van der Waals surface area contributed by atoms with Crippen LogP contribution in [-0.2, 0) is 4.79 Å². The molecular formula is C18H18F2N2O2. The van der Waals surface area contributed by atoms with E-state index in [0.717, 1.165) is 12.1 Å². The summed E-state index contributed by atoms with van der Waals surface area (Å²) in [5, 5.41) is 2.62. The van der Waals surface area contributed by atoms with Crippen molar-refractivity contribution in [1.29, 1.82) is 0 Å². The molecule has 0 aliphatic rings. The normalized spacial score (nSPS) is 11.7. The van der Waals surface area contributed by atoms with Gasteiger partial charge in [-0.2, -0.15) is 0 Å². The molecule has 0 aromatic heterocycles. The SMILES string of the molecule is CC(=O)Nc1ccc(C(=O)N(C)[C@H](C)c2ccc(F)c(F)c2)cc1. The van der Waals surface area contributed by atoms with E-state index in [0.29, 0.717) is 16.8 Å². The number of benzene rings is 2. The van der Waals surface area contributed by atoms with Crippen LogP contribution in [0.2, 0.25) is 0 Å². The summed E-state index contributed by atoms with van der Waals surface area (Å²) < 4.78 is 26.4. The van der Waals surface area contributed by atoms with Crippen LogP contribution in [0.15, 0.2) is 42.5 Å². The molecule has 1 N–H and O–H groups in total. The van der Waals surface area contributed by atoms with Gasteiger partial charge in [0.2, 0.25) is 5.91 Å². The van der Waals surface area contributed by atoms with Crippen LogP contribution in [0, 0.1) is 11.6 Å². The molecule has 2 rings (SSSR count). The Bertz CT molecular complexity index is 760. The van der Waals surface area contributed by atoms with Crippen molar-refractivity contribution in [3.63, 3.8) is 0 Å². The van der Waals surface area contributed by atoms with E-state index in [4.69, 9.17) is 0 Å². The summed E-state index contributed by atoms with van der Waals surface area (Å²) in [5.41, 5.74) is 1.52. The largest absolute Gasteiger partial charge is 0.335 e. The fourth-order valence-electron chi connectivity index (χ4n) is 2.27. The Morgan fingerprint density at radius 3 is 2.21 bits per heavy atom. The molecule has 0 radical (unpaired) electrons. The summed E-state index contributed by atoms with van der Waals surface area (Å²) in [5.74, 6) is -2.33. The molecule has 0 aliphatic carbocycles. The number of halogens is 2. The number of nitrogens with one attached hydrogen (secondary N) is 1. The van der Waals surface area contributed by atoms with E-state index in [2.05, 4.69) is 5.32 Å². The Balaban J connectivity index is 2.15. The summed E-state index contributed by atoms with van der Waals surface area (Å²) in [7, 11) is 1.59. The van der Waals surface area contributed by atoms with Crippen LogP contribution in [-0.4, -0.2) is 23.8 Å². The molecule has 0 aliphatic heterocycles. The molecule has 2 aromatic carbocycles. The van der Waals surface area contributed by atoms with Gasteiger partial charge in [0, 0.05) is 25.2 Å². The minimum atomic E-state index is -0.945. The number of rotatable bonds is 4. The van der Waals surface area contributed by atoms with Crippen molar-refractivity contribution in [3.8, 4) is 0 Å². The minimum absolute atomic E-state index is 0.196. The van der Waals surface area contributed by atoms with Gasteiger partial charge in [0.15, 0.2) is 11.6 Å². The second-order valence-electron chi connectivity index (χ2n) is 5.52. The van der Waals surface area contributed by atoms with Gasteiger partial charge in [-0.15, -0.1) is 0 Å². The van der Waals surface area contributed by atoms with Crippen LogP contribution in [0.1, 0.15) is 35.8 Å². The van der Waals surface area contributed by atoms with E-state index in [-0.39, 0.29) is 11.8 Å². The summed E-state index contributed by atoms with van der Waals surface area (Å²) in [6.45, 7) is 3.13. The number of hydrogen-bond donors (Lipinski definition) is 1. The fraction of sp³-hybridized carbons (Fsp3) is 0.222. The van der Waals surface area contributed by atoms with Gasteiger partial charge < -0.3 is 10.2 Å². The van der Waals surface area contributed by atoms with Crippen molar-refractivity contribution in [2.75, 3.05) is 12.4 Å². The van der Waals surface area contributed by atoms with E-state index in [9.17, 15) is 18.4 Å². The van der Waals surface area contributed by atoms with Gasteiger partial charge in [0.25, 0.3) is 5.91 Å². The first-order valence-electron chi connectivity index (χ1n) is 7.39. The zero-order valence-corrected chi connectivity index (χ0v) is 13.6. The number of hydrogen-bond acceptors (Lipinski definition) is 2. The summed E-state index contributed by atoms with van der Waals surface area (Å²) in [6, 6.07) is 9.61. The molecule has 0 unspecified atom stereocenters. The predicted molar refractivity (Wildman–Crippen MR) is 87.6 cm³/mol. The molecule has 0 heterocycles. The first kappa shape index (κ1) is 17.6. The van der Waals surface area contributed by atoms with Crippen LogP contribution in [0.5, 0.6) is 0 Å². The molecule has 0 bridgehead atoms. The zero-order valence-electron chi connectivity index (χ0n) is 13.6. The predicted octanol–water partition coefficient (Wildman–Crippen LogP) is 3.76. The van der Waals surface area contributed by atoms with Crippen LogP contribution in [0.3, 0.4) is 0 Å². The van der Waals surface area contributed by atoms with E-state index in [1.807, 2.05) is 0 Å². The second-order valence-corrected chi connectivity index (χ2v) is 5.52. The van der Waals surface area contributed by atoms with E-state index < -0.39 is 17.7 Å². The standard InChI is InChI=1S/C18H18F2N2O2/c1-11(14-6-9-16(19)17(20)10-14)22(3)18(24)13-4-7-15(8-5-13)21-12(2)23/h4-11H,1-3H3,(H,21,23)/t11-/m1/s1. The highest BCUT2D eigenvalue weighted by Crippen LogP contribution is 2.23. The lowest BCUT2D eigenvalue weighted by molar-refractivity contribution is -0.114. The maximum atomic E-state index is 13.4. The summed E-state index contributed by atoms with van der Waals surface area (Å²) in [6.07, 6.45) is 0. The third kappa shape index (κ3) is 3.95. The van der Waals surface area contributed by atoms with E-state index in [1.54, 1.807) is 38.2 Å². The zero-order chi connectivity index (χ0) is 17.9. The third-order valence-electron chi connectivity index (χ3n) is 3.78. The molecule has 0 saturated heterocycles. The van der Waals surface area contributed by atoms with E-state index >= 15 is 0 Å². The Morgan fingerprint density at radius 2 is 1.67 bits per heavy atom. The molecule has 4 nitrogen and oxygen atoms in total. The molecule has 2 amide bonds. The summed E-state index contributed by atoms with van der Waals surface area (Å²) in [4.78, 5) is 25.0. The molecule has 6 heteroatoms. The Kier molecular flexibility index (Phi) is 5.28. The Morgan fingerprint density at radius 1 is 1.04 bits per heavy atom. The maximum absolute atomic E-state index is 13.4. The highest BCUT2D eigenvalue weighted by molar-refractivity contribution is 5.95. The number of carbonyl (C=O) groups is 2. The first-order valence-corrected chi connectivity index (χ1v) is 7.39. The van der Waals surface area contributed by atoms with Gasteiger partial charge in [-0.05, 0) is 48.9 Å². The van der Waals surface area contributed by atoms with Crippen molar-refractivity contribution in [1.82, 2.24) is 4.90 Å². The molecule has 2 aromatic rings. The number of amides is 2. The molecule has 0 fully saturated rings. The van der Waals surface area contributed by atoms with Gasteiger partial charge in [0.1, 0.15) is 0 Å². The average molecular weight is 332 g/mol. The lowest BCUT2D eigenvalue weighted by Crippen LogP contribution is -2.29. The lowest BCUT2D eigenvalue weighted by atomic mass is 10.1. The molecule has 24 heavy (non-hydrogen) atoms. The van der Waals surface area contributed by atoms with Gasteiger partial charge in [-0.25, -0.2) is 8.78 Å². The van der Waals surface area contributed by atoms with Gasteiger partial charge in [0.05, 0.1) is 6.04 Å². The fourth-order valence-corrected chi connectivity index (χ4v) is 2.27. The molecule has 0 spiro atoms. The van der Waals surface area contributed by atoms with Crippen LogP contribution in [0.25, 0.3) is 0 Å². The molecule has 1 atom stereocenters. The van der Waals surface area contributed by atoms with Crippen LogP contribution in [0.4, 0.5) is 14.5 Å². The monoisotopic (exact) mass is 332 g/mol. The average Bonchev–Trinajstić information content (AvgIpc) is 2.55. The number of nitrogens with zero attached hydrogens (tertiary/aromatic N) is 1. The van der Waals surface area contributed by atoms with Gasteiger partial charge in [-0.1, -0.05) is 6.07 Å². The topological polar surface area (TPSA) is 49.4 Å². The van der Waals surface area contributed by atoms with Crippen LogP contribution < -0.4 is 5.32 Å². The molecule has 0 saturated carbocycles. The van der Waals surface area contributed by atoms with Gasteiger partial charge >= 0.3 is 0 Å².